The Kier molecular flexibility index (Phi) is 4.21. The van der Waals surface area contributed by atoms with Gasteiger partial charge < -0.3 is 0 Å². The fourth-order valence-corrected chi connectivity index (χ4v) is 0.439. The van der Waals surface area contributed by atoms with E-state index in [1.54, 1.807) is 10.8 Å². The zero-order valence-corrected chi connectivity index (χ0v) is 5.65. The Morgan fingerprint density at radius 1 is 1.83 bits per heavy atom. The lowest BCUT2D eigenvalue weighted by molar-refractivity contribution is 0.606. The number of hydrogen-bond donors (Lipinski definition) is 1. The van der Waals surface area contributed by atoms with E-state index in [1.807, 2.05) is 12.5 Å². The molecule has 0 amide bonds. The summed E-state index contributed by atoms with van der Waals surface area (Å²) in [6.07, 6.45) is 3.87. The average Bonchev–Trinajstić information content (AvgIpc) is 1.65. The van der Waals surface area contributed by atoms with E-state index >= 15 is 0 Å². The monoisotopic (exact) mass is 128 g/mol. The fourth-order valence-electron chi connectivity index (χ4n) is 0.0488. The molecule has 0 radical (unpaired) electrons. The van der Waals surface area contributed by atoms with E-state index in [4.69, 9.17) is 0 Å². The normalized spacial score (nSPS) is 17.5. The topological polar surface area (TPSA) is 0 Å². The van der Waals surface area contributed by atoms with E-state index in [2.05, 4.69) is 0 Å². The van der Waals surface area contributed by atoms with Gasteiger partial charge in [0.25, 0.3) is 0 Å². The van der Waals surface area contributed by atoms with Gasteiger partial charge in [0.2, 0.25) is 0 Å². The van der Waals surface area contributed by atoms with Gasteiger partial charge in [-0.15, -0.1) is 10.8 Å². The number of alkyl halides is 1. The number of rotatable bonds is 2. The van der Waals surface area contributed by atoms with Crippen LogP contribution in [-0.4, -0.2) is 18.5 Å². The fraction of sp³-hybridized carbons (Fsp3) is 1.00. The molecule has 0 saturated heterocycles. The lowest BCUT2D eigenvalue weighted by Crippen LogP contribution is -1.67. The molecular weight excluding hydrogens is 119 g/mol. The maximum Gasteiger partial charge on any atom is 0.125 e. The highest BCUT2D eigenvalue weighted by Gasteiger charge is 1.85. The number of thiol groups is 1. The molecule has 0 rings (SSSR count). The molecule has 3 heteroatoms. The molecule has 6 heavy (non-hydrogen) atoms. The van der Waals surface area contributed by atoms with Crippen molar-refractivity contribution >= 4 is 20.7 Å². The molecule has 0 N–H and O–H groups in total. The molecule has 40 valence electrons. The van der Waals surface area contributed by atoms with Crippen LogP contribution in [0.3, 0.4) is 0 Å². The third kappa shape index (κ3) is 2.85. The van der Waals surface area contributed by atoms with Gasteiger partial charge in [-0.3, -0.25) is 0 Å². The van der Waals surface area contributed by atoms with Crippen LogP contribution in [0.4, 0.5) is 4.39 Å². The average molecular weight is 128 g/mol. The highest BCUT2D eigenvalue weighted by atomic mass is 33.1. The summed E-state index contributed by atoms with van der Waals surface area (Å²) in [4.78, 5) is 0. The summed E-state index contributed by atoms with van der Waals surface area (Å²) in [5.74, 6) is 0. The summed E-state index contributed by atoms with van der Waals surface area (Å²) < 4.78 is 11.4. The lowest BCUT2D eigenvalue weighted by Gasteiger charge is -2.02. The van der Waals surface area contributed by atoms with Crippen molar-refractivity contribution in [2.24, 2.45) is 0 Å². The van der Waals surface area contributed by atoms with Crippen LogP contribution in [0.2, 0.25) is 0 Å². The standard InChI is InChI=1S/C3H9FS2/c1-5-6(2)3-4/h6H,3H2,1-2H3. The molecule has 0 aromatic carbocycles. The zero-order chi connectivity index (χ0) is 4.99. The maximum atomic E-state index is 11.4. The summed E-state index contributed by atoms with van der Waals surface area (Å²) in [5.41, 5.74) is 0. The first-order valence-corrected chi connectivity index (χ1v) is 5.43. The summed E-state index contributed by atoms with van der Waals surface area (Å²) in [6, 6.07) is -0.142. The second-order valence-corrected chi connectivity index (χ2v) is 5.76. The number of hydrogen-bond acceptors (Lipinski definition) is 1. The van der Waals surface area contributed by atoms with Crippen LogP contribution in [0.25, 0.3) is 0 Å². The minimum Gasteiger partial charge on any atom is -0.240 e. The second-order valence-electron chi connectivity index (χ2n) is 0.930. The zero-order valence-electron chi connectivity index (χ0n) is 3.94. The highest BCUT2D eigenvalue weighted by Crippen LogP contribution is 2.33. The Hall–Kier alpha value is 0.630. The molecule has 0 saturated carbocycles. The Morgan fingerprint density at radius 2 is 2.33 bits per heavy atom. The number of halogens is 1. The smallest absolute Gasteiger partial charge is 0.125 e. The molecule has 0 aliphatic carbocycles. The van der Waals surface area contributed by atoms with Crippen LogP contribution in [0.1, 0.15) is 0 Å². The van der Waals surface area contributed by atoms with Crippen molar-refractivity contribution in [2.75, 3.05) is 18.5 Å². The first kappa shape index (κ1) is 6.63. The van der Waals surface area contributed by atoms with Crippen LogP contribution in [0.15, 0.2) is 0 Å². The van der Waals surface area contributed by atoms with Gasteiger partial charge in [0.1, 0.15) is 6.01 Å². The Labute approximate surface area is 44.2 Å². The predicted molar refractivity (Wildman–Crippen MR) is 34.4 cm³/mol. The molecule has 0 heterocycles. The van der Waals surface area contributed by atoms with Gasteiger partial charge in [-0.05, 0) is 12.5 Å². The van der Waals surface area contributed by atoms with Crippen LogP contribution < -0.4 is 0 Å². The summed E-state index contributed by atoms with van der Waals surface area (Å²) in [6.45, 7) is 0. The van der Waals surface area contributed by atoms with Crippen molar-refractivity contribution in [2.45, 2.75) is 0 Å². The van der Waals surface area contributed by atoms with Gasteiger partial charge in [-0.1, -0.05) is 0 Å². The highest BCUT2D eigenvalue weighted by molar-refractivity contribution is 8.84. The largest absolute Gasteiger partial charge is 0.240 e. The van der Waals surface area contributed by atoms with Crippen molar-refractivity contribution in [1.29, 1.82) is 0 Å². The summed E-state index contributed by atoms with van der Waals surface area (Å²) >= 11 is 0. The maximum absolute atomic E-state index is 11.4. The Bertz CT molecular complexity index is 28.0. The molecule has 0 bridgehead atoms. The minimum absolute atomic E-state index is 0.142. The molecule has 0 nitrogen and oxygen atoms in total. The Balaban J connectivity index is 2.75. The predicted octanol–water partition coefficient (Wildman–Crippen LogP) is 1.82. The third-order valence-electron chi connectivity index (χ3n) is 0.480. The second kappa shape index (κ2) is 3.81. The molecule has 0 aromatic rings. The minimum atomic E-state index is -0.326. The van der Waals surface area contributed by atoms with Crippen molar-refractivity contribution in [3.63, 3.8) is 0 Å². The van der Waals surface area contributed by atoms with E-state index in [0.29, 0.717) is 0 Å². The van der Waals surface area contributed by atoms with Crippen LogP contribution >= 0.6 is 20.7 Å². The van der Waals surface area contributed by atoms with Gasteiger partial charge in [-0.2, -0.15) is 9.93 Å². The van der Waals surface area contributed by atoms with E-state index in [-0.39, 0.29) is 15.9 Å². The lowest BCUT2D eigenvalue weighted by atomic mass is 11.8. The summed E-state index contributed by atoms with van der Waals surface area (Å²) in [7, 11) is 1.29. The third-order valence-corrected chi connectivity index (χ3v) is 3.60. The van der Waals surface area contributed by atoms with Crippen LogP contribution in [-0.2, 0) is 0 Å². The molecule has 1 atom stereocenters. The first-order valence-electron chi connectivity index (χ1n) is 1.62. The van der Waals surface area contributed by atoms with Crippen molar-refractivity contribution in [3.8, 4) is 0 Å². The molecule has 0 aliphatic heterocycles. The molecule has 0 fully saturated rings. The van der Waals surface area contributed by atoms with Gasteiger partial charge in [0.15, 0.2) is 0 Å². The van der Waals surface area contributed by atoms with E-state index in [0.717, 1.165) is 0 Å². The molecule has 1 unspecified atom stereocenters. The quantitative estimate of drug-likeness (QED) is 0.437. The molecule has 0 aromatic heterocycles. The molecule has 0 spiro atoms. The van der Waals surface area contributed by atoms with Crippen molar-refractivity contribution < 1.29 is 4.39 Å². The molecule has 0 aliphatic rings. The SMILES string of the molecule is CS[SH](C)CF. The van der Waals surface area contributed by atoms with Crippen LogP contribution in [0, 0.1) is 0 Å². The van der Waals surface area contributed by atoms with Crippen molar-refractivity contribution in [1.82, 2.24) is 0 Å². The van der Waals surface area contributed by atoms with Gasteiger partial charge >= 0.3 is 0 Å². The van der Waals surface area contributed by atoms with Gasteiger partial charge in [0, 0.05) is 0 Å². The van der Waals surface area contributed by atoms with Crippen molar-refractivity contribution in [3.05, 3.63) is 0 Å². The summed E-state index contributed by atoms with van der Waals surface area (Å²) in [5, 5.41) is 0. The Morgan fingerprint density at radius 3 is 2.33 bits per heavy atom. The van der Waals surface area contributed by atoms with Crippen LogP contribution in [0.5, 0.6) is 0 Å². The van der Waals surface area contributed by atoms with Gasteiger partial charge in [-0.25, -0.2) is 4.39 Å². The van der Waals surface area contributed by atoms with Gasteiger partial charge in [0.05, 0.1) is 0 Å². The van der Waals surface area contributed by atoms with E-state index in [9.17, 15) is 4.39 Å². The van der Waals surface area contributed by atoms with E-state index < -0.39 is 0 Å². The van der Waals surface area contributed by atoms with E-state index in [1.165, 1.54) is 0 Å². The molecular formula is C3H9FS2. The first-order chi connectivity index (χ1) is 2.81.